The summed E-state index contributed by atoms with van der Waals surface area (Å²) in [5, 5.41) is 5.89. The Morgan fingerprint density at radius 2 is 1.75 bits per heavy atom. The van der Waals surface area contributed by atoms with Gasteiger partial charge in [0.1, 0.15) is 12.4 Å². The Balaban J connectivity index is 1.81. The highest BCUT2D eigenvalue weighted by Gasteiger charge is 2.15. The number of nitrogens with one attached hydrogen (secondary N) is 2. The van der Waals surface area contributed by atoms with Gasteiger partial charge in [-0.15, -0.1) is 0 Å². The first-order valence-corrected chi connectivity index (χ1v) is 9.71. The molecule has 2 aromatic carbocycles. The fourth-order valence-electron chi connectivity index (χ4n) is 3.21. The van der Waals surface area contributed by atoms with Crippen molar-refractivity contribution in [1.82, 2.24) is 14.9 Å². The lowest BCUT2D eigenvalue weighted by Crippen LogP contribution is -2.26. The molecule has 0 unspecified atom stereocenters. The Morgan fingerprint density at radius 3 is 2.54 bits per heavy atom. The molecular weight excluding hydrogens is 352 g/mol. The van der Waals surface area contributed by atoms with Crippen molar-refractivity contribution < 1.29 is 9.59 Å². The van der Waals surface area contributed by atoms with E-state index in [1.54, 1.807) is 0 Å². The average molecular weight is 378 g/mol. The van der Waals surface area contributed by atoms with Gasteiger partial charge in [0.2, 0.25) is 11.8 Å². The van der Waals surface area contributed by atoms with Crippen molar-refractivity contribution in [2.45, 2.75) is 46.2 Å². The summed E-state index contributed by atoms with van der Waals surface area (Å²) in [5.74, 6) is 0.539. The summed E-state index contributed by atoms with van der Waals surface area (Å²) >= 11 is 0. The number of aromatic nitrogens is 2. The number of fused-ring (bicyclic) bond motifs is 1. The number of anilines is 1. The molecule has 3 aromatic rings. The molecule has 0 aliphatic heterocycles. The predicted molar refractivity (Wildman–Crippen MR) is 111 cm³/mol. The highest BCUT2D eigenvalue weighted by molar-refractivity contribution is 5.92. The minimum Gasteiger partial charge on any atom is -0.349 e. The Bertz CT molecular complexity index is 978. The molecule has 2 N–H and O–H groups in total. The van der Waals surface area contributed by atoms with Gasteiger partial charge in [-0.05, 0) is 36.6 Å². The summed E-state index contributed by atoms with van der Waals surface area (Å²) in [7, 11) is 0. The van der Waals surface area contributed by atoms with Gasteiger partial charge >= 0.3 is 0 Å². The molecule has 1 heterocycles. The number of aryl methyl sites for hydroxylation is 1. The Hall–Kier alpha value is -3.15. The number of nitrogens with zero attached hydrogens (tertiary/aromatic N) is 2. The number of hydrogen-bond acceptors (Lipinski definition) is 3. The molecule has 3 rings (SSSR count). The van der Waals surface area contributed by atoms with Crippen LogP contribution in [0.25, 0.3) is 11.0 Å². The second-order valence-corrected chi connectivity index (χ2v) is 6.69. The number of amides is 2. The second-order valence-electron chi connectivity index (χ2n) is 6.69. The molecule has 146 valence electrons. The van der Waals surface area contributed by atoms with Gasteiger partial charge in [0.05, 0.1) is 17.6 Å². The van der Waals surface area contributed by atoms with Crippen LogP contribution in [0.2, 0.25) is 0 Å². The van der Waals surface area contributed by atoms with Gasteiger partial charge < -0.3 is 15.2 Å². The third kappa shape index (κ3) is 4.57. The lowest BCUT2D eigenvalue weighted by molar-refractivity contribution is -0.121. The third-order valence-electron chi connectivity index (χ3n) is 4.63. The summed E-state index contributed by atoms with van der Waals surface area (Å²) in [6, 6.07) is 15.5. The highest BCUT2D eigenvalue weighted by Crippen LogP contribution is 2.18. The van der Waals surface area contributed by atoms with Crippen molar-refractivity contribution >= 4 is 28.5 Å². The predicted octanol–water partition coefficient (Wildman–Crippen LogP) is 3.65. The van der Waals surface area contributed by atoms with E-state index in [1.807, 2.05) is 60.0 Å². The van der Waals surface area contributed by atoms with Crippen LogP contribution in [-0.4, -0.2) is 21.4 Å². The number of para-hydroxylation sites is 3. The number of rotatable bonds is 8. The van der Waals surface area contributed by atoms with Crippen molar-refractivity contribution in [2.75, 3.05) is 5.32 Å². The third-order valence-corrected chi connectivity index (χ3v) is 4.63. The van der Waals surface area contributed by atoms with E-state index < -0.39 is 0 Å². The maximum absolute atomic E-state index is 12.7. The van der Waals surface area contributed by atoms with Gasteiger partial charge in [0.25, 0.3) is 0 Å². The largest absolute Gasteiger partial charge is 0.349 e. The standard InChI is InChI=1S/C22H26N4O2/c1-3-9-21(27)23-14-20-24-18-12-7-8-13-19(18)26(20)15-22(28)25-17-11-6-5-10-16(17)4-2/h5-8,10-13H,3-4,9,14-15H2,1-2H3,(H,23,27)(H,25,28). The Kier molecular flexibility index (Phi) is 6.42. The zero-order valence-corrected chi connectivity index (χ0v) is 16.4. The lowest BCUT2D eigenvalue weighted by atomic mass is 10.1. The smallest absolute Gasteiger partial charge is 0.244 e. The van der Waals surface area contributed by atoms with E-state index in [1.165, 1.54) is 0 Å². The maximum atomic E-state index is 12.7. The van der Waals surface area contributed by atoms with Crippen LogP contribution in [0.15, 0.2) is 48.5 Å². The van der Waals surface area contributed by atoms with E-state index in [2.05, 4.69) is 22.5 Å². The van der Waals surface area contributed by atoms with Crippen LogP contribution >= 0.6 is 0 Å². The van der Waals surface area contributed by atoms with Gasteiger partial charge in [-0.3, -0.25) is 9.59 Å². The SMILES string of the molecule is CCCC(=O)NCc1nc2ccccc2n1CC(=O)Nc1ccccc1CC. The maximum Gasteiger partial charge on any atom is 0.244 e. The van der Waals surface area contributed by atoms with E-state index in [-0.39, 0.29) is 18.4 Å². The summed E-state index contributed by atoms with van der Waals surface area (Å²) < 4.78 is 1.87. The van der Waals surface area contributed by atoms with Crippen molar-refractivity contribution in [3.63, 3.8) is 0 Å². The molecule has 0 aliphatic carbocycles. The van der Waals surface area contributed by atoms with Gasteiger partial charge in [0.15, 0.2) is 0 Å². The topological polar surface area (TPSA) is 76.0 Å². The highest BCUT2D eigenvalue weighted by atomic mass is 16.2. The number of benzene rings is 2. The molecule has 6 nitrogen and oxygen atoms in total. The minimum absolute atomic E-state index is 0.0116. The first kappa shape index (κ1) is 19.6. The molecule has 0 radical (unpaired) electrons. The minimum atomic E-state index is -0.120. The molecule has 0 aliphatic rings. The van der Waals surface area contributed by atoms with E-state index in [0.717, 1.165) is 35.1 Å². The first-order chi connectivity index (χ1) is 13.6. The summed E-state index contributed by atoms with van der Waals surface area (Å²) in [6.07, 6.45) is 2.12. The summed E-state index contributed by atoms with van der Waals surface area (Å²) in [4.78, 5) is 29.2. The number of carbonyl (C=O) groups excluding carboxylic acids is 2. The molecule has 2 amide bonds. The van der Waals surface area contributed by atoms with Crippen LogP contribution in [0.5, 0.6) is 0 Å². The summed E-state index contributed by atoms with van der Waals surface area (Å²) in [5.41, 5.74) is 3.61. The Labute approximate surface area is 165 Å². The van der Waals surface area contributed by atoms with Crippen LogP contribution < -0.4 is 10.6 Å². The van der Waals surface area contributed by atoms with E-state index in [4.69, 9.17) is 0 Å². The van der Waals surface area contributed by atoms with Crippen molar-refractivity contribution in [1.29, 1.82) is 0 Å². The quantitative estimate of drug-likeness (QED) is 0.628. The second kappa shape index (κ2) is 9.17. The first-order valence-electron chi connectivity index (χ1n) is 9.71. The Morgan fingerprint density at radius 1 is 1.00 bits per heavy atom. The normalized spacial score (nSPS) is 10.8. The monoisotopic (exact) mass is 378 g/mol. The van der Waals surface area contributed by atoms with Crippen LogP contribution in [0.4, 0.5) is 5.69 Å². The van der Waals surface area contributed by atoms with Gasteiger partial charge in [-0.2, -0.15) is 0 Å². The van der Waals surface area contributed by atoms with Crippen molar-refractivity contribution in [2.24, 2.45) is 0 Å². The van der Waals surface area contributed by atoms with Crippen molar-refractivity contribution in [3.8, 4) is 0 Å². The van der Waals surface area contributed by atoms with E-state index in [0.29, 0.717) is 18.8 Å². The molecule has 0 saturated heterocycles. The number of imidazole rings is 1. The molecule has 1 aromatic heterocycles. The fourth-order valence-corrected chi connectivity index (χ4v) is 3.21. The van der Waals surface area contributed by atoms with E-state index >= 15 is 0 Å². The lowest BCUT2D eigenvalue weighted by Gasteiger charge is -2.12. The molecule has 0 spiro atoms. The van der Waals surface area contributed by atoms with Crippen molar-refractivity contribution in [3.05, 3.63) is 59.9 Å². The van der Waals surface area contributed by atoms with Gasteiger partial charge in [-0.1, -0.05) is 44.2 Å². The van der Waals surface area contributed by atoms with Gasteiger partial charge in [0, 0.05) is 12.1 Å². The van der Waals surface area contributed by atoms with Crippen LogP contribution in [0, 0.1) is 0 Å². The zero-order chi connectivity index (χ0) is 19.9. The number of carbonyl (C=O) groups is 2. The van der Waals surface area contributed by atoms with Crippen LogP contribution in [0.3, 0.4) is 0 Å². The molecule has 0 atom stereocenters. The number of hydrogen-bond donors (Lipinski definition) is 2. The molecular formula is C22H26N4O2. The molecule has 0 bridgehead atoms. The van der Waals surface area contributed by atoms with Crippen LogP contribution in [0.1, 0.15) is 38.1 Å². The molecule has 0 fully saturated rings. The van der Waals surface area contributed by atoms with E-state index in [9.17, 15) is 9.59 Å². The average Bonchev–Trinajstić information content (AvgIpc) is 3.04. The fraction of sp³-hybridized carbons (Fsp3) is 0.318. The molecule has 0 saturated carbocycles. The molecule has 28 heavy (non-hydrogen) atoms. The zero-order valence-electron chi connectivity index (χ0n) is 16.4. The molecule has 6 heteroatoms. The summed E-state index contributed by atoms with van der Waals surface area (Å²) in [6.45, 7) is 4.46. The van der Waals surface area contributed by atoms with Gasteiger partial charge in [-0.25, -0.2) is 4.98 Å². The van der Waals surface area contributed by atoms with Crippen LogP contribution in [-0.2, 0) is 29.1 Å².